The average molecular weight is 271 g/mol. The van der Waals surface area contributed by atoms with Crippen LogP contribution in [0.3, 0.4) is 0 Å². The number of rotatable bonds is 1. The zero-order valence-electron chi connectivity index (χ0n) is 11.5. The summed E-state index contributed by atoms with van der Waals surface area (Å²) >= 11 is 0. The molecule has 0 amide bonds. The summed E-state index contributed by atoms with van der Waals surface area (Å²) in [5, 5.41) is 0.947. The van der Waals surface area contributed by atoms with Crippen LogP contribution in [0.4, 0.5) is 4.79 Å². The van der Waals surface area contributed by atoms with Crippen LogP contribution in [0, 0.1) is 5.41 Å². The Morgan fingerprint density at radius 1 is 1.45 bits per heavy atom. The molecule has 1 saturated heterocycles. The van der Waals surface area contributed by atoms with Crippen molar-refractivity contribution in [3.63, 3.8) is 0 Å². The van der Waals surface area contributed by atoms with Gasteiger partial charge >= 0.3 is 6.09 Å². The van der Waals surface area contributed by atoms with Gasteiger partial charge in [-0.05, 0) is 37.4 Å². The Morgan fingerprint density at radius 3 is 3.05 bits per heavy atom. The third-order valence-corrected chi connectivity index (χ3v) is 4.57. The lowest BCUT2D eigenvalue weighted by molar-refractivity contribution is 0.0277. The fraction of sp³-hybridized carbons (Fsp3) is 0.467. The average Bonchev–Trinajstić information content (AvgIpc) is 2.94. The van der Waals surface area contributed by atoms with Crippen LogP contribution in [-0.4, -0.2) is 40.4 Å². The standard InChI is InChI=1S/C15H17N3O2/c1-17-10-15(4-5-15)8-13(17)20-14(19)18-7-3-11-9-16-6-2-12(11)18/h2-3,6-7,9,13H,4-5,8,10H2,1H3/t13-/m1/s1. The van der Waals surface area contributed by atoms with Gasteiger partial charge in [-0.1, -0.05) is 0 Å². The first kappa shape index (κ1) is 11.9. The van der Waals surface area contributed by atoms with E-state index in [2.05, 4.69) is 9.88 Å². The zero-order chi connectivity index (χ0) is 13.7. The van der Waals surface area contributed by atoms with E-state index >= 15 is 0 Å². The third kappa shape index (κ3) is 1.81. The minimum absolute atomic E-state index is 0.0933. The molecule has 2 aromatic heterocycles. The number of carbonyl (C=O) groups excluding carboxylic acids is 1. The van der Waals surface area contributed by atoms with E-state index in [1.54, 1.807) is 23.2 Å². The number of likely N-dealkylation sites (tertiary alicyclic amines) is 1. The van der Waals surface area contributed by atoms with Crippen molar-refractivity contribution in [1.82, 2.24) is 14.5 Å². The molecule has 1 spiro atoms. The molecule has 2 aliphatic rings. The van der Waals surface area contributed by atoms with Gasteiger partial charge in [0.05, 0.1) is 5.52 Å². The van der Waals surface area contributed by atoms with Crippen LogP contribution in [-0.2, 0) is 4.74 Å². The van der Waals surface area contributed by atoms with E-state index in [4.69, 9.17) is 4.74 Å². The van der Waals surface area contributed by atoms with E-state index < -0.39 is 0 Å². The van der Waals surface area contributed by atoms with Crippen molar-refractivity contribution in [2.24, 2.45) is 5.41 Å². The van der Waals surface area contributed by atoms with Gasteiger partial charge in [0.1, 0.15) is 0 Å². The first-order chi connectivity index (χ1) is 9.67. The number of hydrogen-bond acceptors (Lipinski definition) is 4. The van der Waals surface area contributed by atoms with Crippen molar-refractivity contribution in [2.75, 3.05) is 13.6 Å². The summed E-state index contributed by atoms with van der Waals surface area (Å²) in [6.07, 6.45) is 8.29. The summed E-state index contributed by atoms with van der Waals surface area (Å²) in [5.74, 6) is 0. The summed E-state index contributed by atoms with van der Waals surface area (Å²) < 4.78 is 7.24. The van der Waals surface area contributed by atoms with Gasteiger partial charge in [0.2, 0.25) is 0 Å². The Kier molecular flexibility index (Phi) is 2.41. The molecule has 0 unspecified atom stereocenters. The quantitative estimate of drug-likeness (QED) is 0.799. The lowest BCUT2D eigenvalue weighted by Gasteiger charge is -2.19. The van der Waals surface area contributed by atoms with Gasteiger partial charge in [0, 0.05) is 36.9 Å². The fourth-order valence-electron chi connectivity index (χ4n) is 3.21. The van der Waals surface area contributed by atoms with Crippen LogP contribution < -0.4 is 0 Å². The maximum Gasteiger partial charge on any atom is 0.420 e. The SMILES string of the molecule is CN1CC2(CC2)C[C@H]1OC(=O)n1ccc2cnccc21. The minimum atomic E-state index is -0.305. The molecular weight excluding hydrogens is 254 g/mol. The number of hydrogen-bond donors (Lipinski definition) is 0. The van der Waals surface area contributed by atoms with Crippen LogP contribution in [0.2, 0.25) is 0 Å². The van der Waals surface area contributed by atoms with Crippen molar-refractivity contribution < 1.29 is 9.53 Å². The van der Waals surface area contributed by atoms with Crippen molar-refractivity contribution in [1.29, 1.82) is 0 Å². The van der Waals surface area contributed by atoms with Gasteiger partial charge in [-0.15, -0.1) is 0 Å². The van der Waals surface area contributed by atoms with Crippen molar-refractivity contribution in [2.45, 2.75) is 25.5 Å². The first-order valence-corrected chi connectivity index (χ1v) is 6.99. The highest BCUT2D eigenvalue weighted by Crippen LogP contribution is 2.54. The summed E-state index contributed by atoms with van der Waals surface area (Å²) in [4.78, 5) is 18.6. The minimum Gasteiger partial charge on any atom is -0.430 e. The van der Waals surface area contributed by atoms with Crippen LogP contribution in [0.5, 0.6) is 0 Å². The van der Waals surface area contributed by atoms with Crippen LogP contribution in [0.25, 0.3) is 10.9 Å². The molecule has 0 aromatic carbocycles. The fourth-order valence-corrected chi connectivity index (χ4v) is 3.21. The van der Waals surface area contributed by atoms with Gasteiger partial charge in [0.25, 0.3) is 0 Å². The van der Waals surface area contributed by atoms with Gasteiger partial charge in [0.15, 0.2) is 6.23 Å². The second kappa shape index (κ2) is 4.06. The lowest BCUT2D eigenvalue weighted by Crippen LogP contribution is -2.31. The van der Waals surface area contributed by atoms with E-state index in [1.165, 1.54) is 12.8 Å². The Bertz CT molecular complexity index is 675. The number of carbonyl (C=O) groups is 1. The van der Waals surface area contributed by atoms with E-state index in [0.717, 1.165) is 23.9 Å². The molecule has 5 nitrogen and oxygen atoms in total. The summed E-state index contributed by atoms with van der Waals surface area (Å²) in [7, 11) is 2.03. The largest absolute Gasteiger partial charge is 0.430 e. The smallest absolute Gasteiger partial charge is 0.420 e. The molecule has 3 heterocycles. The van der Waals surface area contributed by atoms with Gasteiger partial charge < -0.3 is 4.74 Å². The summed E-state index contributed by atoms with van der Waals surface area (Å²) in [6, 6.07) is 3.71. The van der Waals surface area contributed by atoms with E-state index in [0.29, 0.717) is 5.41 Å². The number of nitrogens with zero attached hydrogens (tertiary/aromatic N) is 3. The Hall–Kier alpha value is -1.88. The second-order valence-electron chi connectivity index (χ2n) is 6.08. The molecule has 20 heavy (non-hydrogen) atoms. The van der Waals surface area contributed by atoms with E-state index in [1.807, 2.05) is 19.2 Å². The van der Waals surface area contributed by atoms with Crippen molar-refractivity contribution >= 4 is 17.0 Å². The molecule has 2 aromatic rings. The molecule has 5 heteroatoms. The highest BCUT2D eigenvalue weighted by molar-refractivity contribution is 5.88. The number of fused-ring (bicyclic) bond motifs is 1. The van der Waals surface area contributed by atoms with Crippen LogP contribution in [0.1, 0.15) is 19.3 Å². The summed E-state index contributed by atoms with van der Waals surface area (Å²) in [6.45, 7) is 1.04. The predicted octanol–water partition coefficient (Wildman–Crippen LogP) is 2.46. The first-order valence-electron chi connectivity index (χ1n) is 6.99. The summed E-state index contributed by atoms with van der Waals surface area (Å²) in [5.41, 5.74) is 1.27. The maximum absolute atomic E-state index is 12.3. The molecule has 0 radical (unpaired) electrons. The van der Waals surface area contributed by atoms with Gasteiger partial charge in [-0.25, -0.2) is 4.79 Å². The highest BCUT2D eigenvalue weighted by Gasteiger charge is 2.52. The molecule has 104 valence electrons. The van der Waals surface area contributed by atoms with E-state index in [9.17, 15) is 4.79 Å². The normalized spacial score (nSPS) is 24.4. The van der Waals surface area contributed by atoms with E-state index in [-0.39, 0.29) is 12.3 Å². The number of aromatic nitrogens is 2. The molecule has 1 aliphatic heterocycles. The molecule has 0 bridgehead atoms. The molecule has 1 atom stereocenters. The van der Waals surface area contributed by atoms with Gasteiger partial charge in [-0.2, -0.15) is 0 Å². The zero-order valence-corrected chi connectivity index (χ0v) is 11.5. The van der Waals surface area contributed by atoms with Crippen LogP contribution in [0.15, 0.2) is 30.7 Å². The Morgan fingerprint density at radius 2 is 2.30 bits per heavy atom. The molecule has 4 rings (SSSR count). The third-order valence-electron chi connectivity index (χ3n) is 4.57. The maximum atomic E-state index is 12.3. The van der Waals surface area contributed by atoms with Crippen molar-refractivity contribution in [3.8, 4) is 0 Å². The topological polar surface area (TPSA) is 47.4 Å². The predicted molar refractivity (Wildman–Crippen MR) is 74.3 cm³/mol. The second-order valence-corrected chi connectivity index (χ2v) is 6.08. The van der Waals surface area contributed by atoms with Crippen LogP contribution >= 0.6 is 0 Å². The Balaban J connectivity index is 1.56. The number of ether oxygens (including phenoxy) is 1. The molecular formula is C15H17N3O2. The van der Waals surface area contributed by atoms with Gasteiger partial charge in [-0.3, -0.25) is 14.5 Å². The lowest BCUT2D eigenvalue weighted by atomic mass is 10.1. The van der Waals surface area contributed by atoms with Crippen molar-refractivity contribution in [3.05, 3.63) is 30.7 Å². The molecule has 1 aliphatic carbocycles. The monoisotopic (exact) mass is 271 g/mol. The molecule has 0 N–H and O–H groups in total. The highest BCUT2D eigenvalue weighted by atomic mass is 16.6. The number of pyridine rings is 1. The molecule has 1 saturated carbocycles. The Labute approximate surface area is 117 Å². The molecule has 2 fully saturated rings.